The molecule has 1 aliphatic rings. The van der Waals surface area contributed by atoms with Crippen LogP contribution in [0, 0.1) is 5.92 Å². The summed E-state index contributed by atoms with van der Waals surface area (Å²) in [4.78, 5) is 28.0. The fraction of sp³-hybridized carbons (Fsp3) is 0.304. The molecule has 3 rings (SSSR count). The number of rotatable bonds is 8. The van der Waals surface area contributed by atoms with E-state index in [1.165, 1.54) is 16.7 Å². The van der Waals surface area contributed by atoms with Gasteiger partial charge in [-0.2, -0.15) is 0 Å². The molecule has 0 aromatic heterocycles. The van der Waals surface area contributed by atoms with Gasteiger partial charge in [0.05, 0.1) is 29.9 Å². The zero-order valence-corrected chi connectivity index (χ0v) is 17.9. The smallest absolute Gasteiger partial charge is 0.272 e. The molecule has 1 heterocycles. The third-order valence-corrected chi connectivity index (χ3v) is 5.32. The van der Waals surface area contributed by atoms with Crippen molar-refractivity contribution in [3.8, 4) is 11.5 Å². The summed E-state index contributed by atoms with van der Waals surface area (Å²) in [6, 6.07) is 14.3. The van der Waals surface area contributed by atoms with Crippen LogP contribution in [0.4, 0.5) is 5.69 Å². The van der Waals surface area contributed by atoms with Gasteiger partial charge in [-0.15, -0.1) is 11.8 Å². The second kappa shape index (κ2) is 9.18. The van der Waals surface area contributed by atoms with E-state index in [4.69, 9.17) is 9.47 Å². The van der Waals surface area contributed by atoms with E-state index in [0.717, 1.165) is 5.75 Å². The van der Waals surface area contributed by atoms with E-state index >= 15 is 0 Å². The Morgan fingerprint density at radius 3 is 2.34 bits per heavy atom. The summed E-state index contributed by atoms with van der Waals surface area (Å²) >= 11 is 1.39. The van der Waals surface area contributed by atoms with Gasteiger partial charge in [0.15, 0.2) is 0 Å². The average Bonchev–Trinajstić information content (AvgIpc) is 2.97. The lowest BCUT2D eigenvalue weighted by molar-refractivity contribution is -0.119. The standard InChI is InChI=1S/C23H25NO4S/c1-5-29-21-20(16-9-11-18(12-10-16)28-14-15(2)3)22(25)24(23(21)26)17-7-6-8-19(13-17)27-4/h6-13,15H,5,14H2,1-4H3. The molecule has 0 fully saturated rings. The largest absolute Gasteiger partial charge is 0.497 e. The predicted molar refractivity (Wildman–Crippen MR) is 117 cm³/mol. The third kappa shape index (κ3) is 4.48. The van der Waals surface area contributed by atoms with E-state index in [1.807, 2.05) is 31.2 Å². The quantitative estimate of drug-likeness (QED) is 0.586. The number of benzene rings is 2. The number of hydrogen-bond acceptors (Lipinski definition) is 5. The van der Waals surface area contributed by atoms with E-state index in [2.05, 4.69) is 13.8 Å². The van der Waals surface area contributed by atoms with E-state index in [0.29, 0.717) is 45.8 Å². The Morgan fingerprint density at radius 1 is 1.00 bits per heavy atom. The molecule has 0 saturated heterocycles. The van der Waals surface area contributed by atoms with Gasteiger partial charge >= 0.3 is 0 Å². The summed E-state index contributed by atoms with van der Waals surface area (Å²) in [5.41, 5.74) is 1.64. The third-order valence-electron chi connectivity index (χ3n) is 4.37. The molecule has 0 aliphatic carbocycles. The van der Waals surface area contributed by atoms with Crippen molar-refractivity contribution in [3.05, 3.63) is 59.0 Å². The van der Waals surface area contributed by atoms with Crippen molar-refractivity contribution in [2.45, 2.75) is 20.8 Å². The summed E-state index contributed by atoms with van der Waals surface area (Å²) in [5, 5.41) is 0. The normalized spacial score (nSPS) is 14.2. The minimum Gasteiger partial charge on any atom is -0.497 e. The molecule has 2 amide bonds. The number of methoxy groups -OCH3 is 1. The van der Waals surface area contributed by atoms with Gasteiger partial charge in [0.1, 0.15) is 11.5 Å². The number of thioether (sulfide) groups is 1. The van der Waals surface area contributed by atoms with Crippen LogP contribution in [-0.4, -0.2) is 31.3 Å². The fourth-order valence-corrected chi connectivity index (χ4v) is 3.86. The summed E-state index contributed by atoms with van der Waals surface area (Å²) in [5.74, 6) is 1.83. The number of carbonyl (C=O) groups is 2. The lowest BCUT2D eigenvalue weighted by Crippen LogP contribution is -2.31. The Labute approximate surface area is 175 Å². The number of amides is 2. The Hall–Kier alpha value is -2.73. The van der Waals surface area contributed by atoms with Crippen LogP contribution >= 0.6 is 11.8 Å². The van der Waals surface area contributed by atoms with Crippen LogP contribution < -0.4 is 14.4 Å². The molecule has 5 nitrogen and oxygen atoms in total. The molecule has 152 valence electrons. The van der Waals surface area contributed by atoms with Gasteiger partial charge in [-0.3, -0.25) is 9.59 Å². The monoisotopic (exact) mass is 411 g/mol. The Morgan fingerprint density at radius 2 is 1.72 bits per heavy atom. The molecular formula is C23H25NO4S. The maximum Gasteiger partial charge on any atom is 0.272 e. The molecule has 29 heavy (non-hydrogen) atoms. The second-order valence-corrected chi connectivity index (χ2v) is 8.29. The zero-order valence-electron chi connectivity index (χ0n) is 17.1. The molecule has 1 aliphatic heterocycles. The van der Waals surface area contributed by atoms with Gasteiger partial charge in [-0.25, -0.2) is 4.90 Å². The molecule has 0 N–H and O–H groups in total. The molecule has 6 heteroatoms. The molecule has 0 radical (unpaired) electrons. The van der Waals surface area contributed by atoms with Crippen LogP contribution in [0.25, 0.3) is 5.57 Å². The number of carbonyl (C=O) groups excluding carboxylic acids is 2. The van der Waals surface area contributed by atoms with Crippen LogP contribution in [0.1, 0.15) is 26.3 Å². The highest BCUT2D eigenvalue weighted by Gasteiger charge is 2.40. The molecule has 0 saturated carbocycles. The number of nitrogens with zero attached hydrogens (tertiary/aromatic N) is 1. The van der Waals surface area contributed by atoms with Gasteiger partial charge < -0.3 is 9.47 Å². The van der Waals surface area contributed by atoms with Crippen molar-refractivity contribution < 1.29 is 19.1 Å². The average molecular weight is 412 g/mol. The number of ether oxygens (including phenoxy) is 2. The van der Waals surface area contributed by atoms with Gasteiger partial charge in [0, 0.05) is 6.07 Å². The Kier molecular flexibility index (Phi) is 6.64. The van der Waals surface area contributed by atoms with Crippen molar-refractivity contribution in [2.75, 3.05) is 24.4 Å². The highest BCUT2D eigenvalue weighted by Crippen LogP contribution is 2.39. The molecule has 2 aromatic rings. The first-order chi connectivity index (χ1) is 14.0. The highest BCUT2D eigenvalue weighted by molar-refractivity contribution is 8.04. The van der Waals surface area contributed by atoms with E-state index in [-0.39, 0.29) is 11.8 Å². The lowest BCUT2D eigenvalue weighted by atomic mass is 10.1. The van der Waals surface area contributed by atoms with Gasteiger partial charge in [-0.1, -0.05) is 39.0 Å². The topological polar surface area (TPSA) is 55.8 Å². The summed E-state index contributed by atoms with van der Waals surface area (Å²) < 4.78 is 11.0. The molecule has 0 spiro atoms. The van der Waals surface area contributed by atoms with E-state index in [9.17, 15) is 9.59 Å². The summed E-state index contributed by atoms with van der Waals surface area (Å²) in [6.45, 7) is 6.76. The fourth-order valence-electron chi connectivity index (χ4n) is 3.01. The van der Waals surface area contributed by atoms with Crippen LogP contribution in [0.2, 0.25) is 0 Å². The van der Waals surface area contributed by atoms with Gasteiger partial charge in [0.2, 0.25) is 0 Å². The highest BCUT2D eigenvalue weighted by atomic mass is 32.2. The lowest BCUT2D eigenvalue weighted by Gasteiger charge is -2.16. The molecule has 0 bridgehead atoms. The first kappa shape index (κ1) is 21.0. The van der Waals surface area contributed by atoms with Crippen LogP contribution in [0.15, 0.2) is 53.4 Å². The van der Waals surface area contributed by atoms with Crippen LogP contribution in [0.5, 0.6) is 11.5 Å². The molecule has 0 unspecified atom stereocenters. The SMILES string of the molecule is CCSC1=C(c2ccc(OCC(C)C)cc2)C(=O)N(c2cccc(OC)c2)C1=O. The Balaban J connectivity index is 1.95. The molecule has 2 aromatic carbocycles. The Bertz CT molecular complexity index is 934. The van der Waals surface area contributed by atoms with Gasteiger partial charge in [0.25, 0.3) is 11.8 Å². The number of hydrogen-bond donors (Lipinski definition) is 0. The van der Waals surface area contributed by atoms with Crippen molar-refractivity contribution in [2.24, 2.45) is 5.92 Å². The minimum atomic E-state index is -0.324. The van der Waals surface area contributed by atoms with Crippen molar-refractivity contribution in [1.29, 1.82) is 0 Å². The summed E-state index contributed by atoms with van der Waals surface area (Å²) in [7, 11) is 1.55. The van der Waals surface area contributed by atoms with E-state index < -0.39 is 0 Å². The van der Waals surface area contributed by atoms with Crippen molar-refractivity contribution in [3.63, 3.8) is 0 Å². The first-order valence-corrected chi connectivity index (χ1v) is 10.6. The van der Waals surface area contributed by atoms with E-state index in [1.54, 1.807) is 31.4 Å². The summed E-state index contributed by atoms with van der Waals surface area (Å²) in [6.07, 6.45) is 0. The van der Waals surface area contributed by atoms with Crippen molar-refractivity contribution in [1.82, 2.24) is 0 Å². The number of imide groups is 1. The molecule has 0 atom stereocenters. The van der Waals surface area contributed by atoms with Gasteiger partial charge in [-0.05, 0) is 41.5 Å². The van der Waals surface area contributed by atoms with Crippen LogP contribution in [0.3, 0.4) is 0 Å². The maximum atomic E-state index is 13.3. The van der Waals surface area contributed by atoms with Crippen molar-refractivity contribution >= 4 is 34.8 Å². The molecular weight excluding hydrogens is 386 g/mol. The maximum absolute atomic E-state index is 13.3. The first-order valence-electron chi connectivity index (χ1n) is 9.59. The second-order valence-electron chi connectivity index (χ2n) is 7.01. The predicted octanol–water partition coefficient (Wildman–Crippen LogP) is 4.77. The number of anilines is 1. The zero-order chi connectivity index (χ0) is 21.0. The minimum absolute atomic E-state index is 0.301. The van der Waals surface area contributed by atoms with Crippen LogP contribution in [-0.2, 0) is 9.59 Å².